The quantitative estimate of drug-likeness (QED) is 0.701. The van der Waals surface area contributed by atoms with Gasteiger partial charge in [-0.3, -0.25) is 9.69 Å². The number of carbonyl (C=O) groups is 1. The number of amides is 1. The van der Waals surface area contributed by atoms with E-state index in [1.807, 2.05) is 18.2 Å². The Morgan fingerprint density at radius 3 is 2.79 bits per heavy atom. The topological polar surface area (TPSA) is 53.6 Å². The normalized spacial score (nSPS) is 27.8. The van der Waals surface area contributed by atoms with Gasteiger partial charge in [0.1, 0.15) is 0 Å². The Bertz CT molecular complexity index is 672. The van der Waals surface area contributed by atoms with E-state index in [1.165, 1.54) is 6.42 Å². The number of halogens is 3. The molecule has 3 atom stereocenters. The minimum atomic E-state index is -0.214. The van der Waals surface area contributed by atoms with Gasteiger partial charge in [0.05, 0.1) is 24.7 Å². The van der Waals surface area contributed by atoms with Gasteiger partial charge < -0.3 is 15.4 Å². The van der Waals surface area contributed by atoms with Crippen molar-refractivity contribution in [3.63, 3.8) is 0 Å². The number of nitrogens with zero attached hydrogens (tertiary/aromatic N) is 1. The molecule has 2 saturated heterocycles. The highest BCUT2D eigenvalue weighted by molar-refractivity contribution is 6.31. The molecule has 1 aliphatic carbocycles. The summed E-state index contributed by atoms with van der Waals surface area (Å²) >= 11 is 6.51. The molecule has 0 spiro atoms. The van der Waals surface area contributed by atoms with Crippen LogP contribution in [0, 0.1) is 11.3 Å². The summed E-state index contributed by atoms with van der Waals surface area (Å²) in [6.45, 7) is 5.57. The summed E-state index contributed by atoms with van der Waals surface area (Å²) in [4.78, 5) is 15.7. The van der Waals surface area contributed by atoms with Crippen LogP contribution in [0.5, 0.6) is 0 Å². The van der Waals surface area contributed by atoms with Gasteiger partial charge >= 0.3 is 0 Å². The van der Waals surface area contributed by atoms with Crippen molar-refractivity contribution in [3.05, 3.63) is 34.9 Å². The molecule has 1 aromatic carbocycles. The van der Waals surface area contributed by atoms with Gasteiger partial charge in [-0.2, -0.15) is 0 Å². The second-order valence-electron chi connectivity index (χ2n) is 8.13. The fourth-order valence-electron chi connectivity index (χ4n) is 5.13. The molecule has 5 nitrogen and oxygen atoms in total. The standard InChI is InChI=1S/C21H30ClN3O2.2ClH/c22-18-7-2-1-6-17(18)19(25-9-11-27-12-10-25)14-24-20(26)21-8-4-3-5-16(21)13-23-15-21;;/h1-2,6-7,16,19,23H,3-5,8-15H2,(H,24,26);2*1H/t16-,19?,21+;;/m0../s1. The number of morpholine rings is 1. The maximum atomic E-state index is 13.3. The predicted molar refractivity (Wildman–Crippen MR) is 121 cm³/mol. The third-order valence-corrected chi connectivity index (χ3v) is 7.04. The van der Waals surface area contributed by atoms with Gasteiger partial charge in [0.2, 0.25) is 5.91 Å². The number of nitrogens with one attached hydrogen (secondary N) is 2. The third kappa shape index (κ3) is 5.20. The largest absolute Gasteiger partial charge is 0.379 e. The van der Waals surface area contributed by atoms with Crippen LogP contribution >= 0.6 is 36.4 Å². The fourth-order valence-corrected chi connectivity index (χ4v) is 5.39. The lowest BCUT2D eigenvalue weighted by atomic mass is 9.67. The van der Waals surface area contributed by atoms with Crippen LogP contribution < -0.4 is 10.6 Å². The lowest BCUT2D eigenvalue weighted by Crippen LogP contribution is -2.50. The molecule has 1 aromatic rings. The highest BCUT2D eigenvalue weighted by Gasteiger charge is 2.49. The van der Waals surface area contributed by atoms with Crippen LogP contribution in [0.2, 0.25) is 5.02 Å². The second-order valence-corrected chi connectivity index (χ2v) is 8.53. The van der Waals surface area contributed by atoms with E-state index in [9.17, 15) is 4.79 Å². The van der Waals surface area contributed by atoms with Crippen molar-refractivity contribution in [2.45, 2.75) is 31.7 Å². The summed E-state index contributed by atoms with van der Waals surface area (Å²) in [7, 11) is 0. The summed E-state index contributed by atoms with van der Waals surface area (Å²) in [5.74, 6) is 0.705. The van der Waals surface area contributed by atoms with Crippen molar-refractivity contribution in [3.8, 4) is 0 Å². The van der Waals surface area contributed by atoms with Gasteiger partial charge in [-0.1, -0.05) is 42.6 Å². The Morgan fingerprint density at radius 1 is 1.28 bits per heavy atom. The number of fused-ring (bicyclic) bond motifs is 1. The number of hydrogen-bond donors (Lipinski definition) is 2. The van der Waals surface area contributed by atoms with Gasteiger partial charge in [-0.25, -0.2) is 0 Å². The van der Waals surface area contributed by atoms with Crippen molar-refractivity contribution in [1.82, 2.24) is 15.5 Å². The van der Waals surface area contributed by atoms with E-state index in [-0.39, 0.29) is 42.2 Å². The van der Waals surface area contributed by atoms with E-state index in [0.717, 1.165) is 69.2 Å². The van der Waals surface area contributed by atoms with Crippen LogP contribution in [-0.2, 0) is 9.53 Å². The molecule has 1 unspecified atom stereocenters. The van der Waals surface area contributed by atoms with Gasteiger partial charge in [-0.05, 0) is 36.9 Å². The Balaban J connectivity index is 0.00000150. The number of benzene rings is 1. The first-order valence-electron chi connectivity index (χ1n) is 10.3. The molecule has 1 saturated carbocycles. The predicted octanol–water partition coefficient (Wildman–Crippen LogP) is 3.45. The Hall–Kier alpha value is -0.560. The van der Waals surface area contributed by atoms with E-state index >= 15 is 0 Å². The molecule has 0 bridgehead atoms. The maximum Gasteiger partial charge on any atom is 0.227 e. The first kappa shape index (κ1) is 24.7. The number of rotatable bonds is 5. The van der Waals surface area contributed by atoms with Crippen LogP contribution in [0.1, 0.15) is 37.3 Å². The first-order chi connectivity index (χ1) is 13.2. The monoisotopic (exact) mass is 463 g/mol. The number of ether oxygens (including phenoxy) is 1. The molecule has 164 valence electrons. The minimum absolute atomic E-state index is 0. The number of carbonyl (C=O) groups excluding carboxylic acids is 1. The summed E-state index contributed by atoms with van der Waals surface area (Å²) in [6.07, 6.45) is 4.57. The van der Waals surface area contributed by atoms with Crippen molar-refractivity contribution in [1.29, 1.82) is 0 Å². The molecule has 29 heavy (non-hydrogen) atoms. The molecular weight excluding hydrogens is 433 g/mol. The van der Waals surface area contributed by atoms with E-state index in [0.29, 0.717) is 12.5 Å². The Kier molecular flexibility index (Phi) is 9.52. The third-order valence-electron chi connectivity index (χ3n) is 6.70. The molecule has 8 heteroatoms. The molecule has 3 aliphatic rings. The lowest BCUT2D eigenvalue weighted by molar-refractivity contribution is -0.134. The zero-order chi connectivity index (χ0) is 18.7. The molecule has 2 heterocycles. The highest BCUT2D eigenvalue weighted by Crippen LogP contribution is 2.44. The van der Waals surface area contributed by atoms with Gasteiger partial charge in [0.25, 0.3) is 0 Å². The maximum absolute atomic E-state index is 13.3. The van der Waals surface area contributed by atoms with Crippen LogP contribution in [-0.4, -0.2) is 56.7 Å². The van der Waals surface area contributed by atoms with E-state index in [4.69, 9.17) is 16.3 Å². The average molecular weight is 465 g/mol. The van der Waals surface area contributed by atoms with Crippen molar-refractivity contribution >= 4 is 42.3 Å². The molecule has 4 rings (SSSR count). The molecule has 0 radical (unpaired) electrons. The second kappa shape index (κ2) is 11.2. The smallest absolute Gasteiger partial charge is 0.227 e. The fraction of sp³-hybridized carbons (Fsp3) is 0.667. The summed E-state index contributed by atoms with van der Waals surface area (Å²) < 4.78 is 5.52. The van der Waals surface area contributed by atoms with E-state index in [2.05, 4.69) is 21.6 Å². The first-order valence-corrected chi connectivity index (χ1v) is 10.6. The summed E-state index contributed by atoms with van der Waals surface area (Å²) in [5.41, 5.74) is 0.873. The molecular formula is C21H32Cl3N3O2. The molecule has 2 aliphatic heterocycles. The zero-order valence-corrected chi connectivity index (χ0v) is 19.1. The minimum Gasteiger partial charge on any atom is -0.379 e. The lowest BCUT2D eigenvalue weighted by Gasteiger charge is -2.39. The average Bonchev–Trinajstić information content (AvgIpc) is 3.15. The zero-order valence-electron chi connectivity index (χ0n) is 16.7. The van der Waals surface area contributed by atoms with Crippen molar-refractivity contribution in [2.75, 3.05) is 45.9 Å². The summed E-state index contributed by atoms with van der Waals surface area (Å²) in [5, 5.41) is 7.55. The van der Waals surface area contributed by atoms with Crippen LogP contribution in [0.4, 0.5) is 0 Å². The van der Waals surface area contributed by atoms with Crippen LogP contribution in [0.3, 0.4) is 0 Å². The van der Waals surface area contributed by atoms with Gasteiger partial charge in [-0.15, -0.1) is 24.8 Å². The number of hydrogen-bond acceptors (Lipinski definition) is 4. The Labute approximate surface area is 191 Å². The van der Waals surface area contributed by atoms with Gasteiger partial charge in [0, 0.05) is 31.2 Å². The molecule has 0 aromatic heterocycles. The Morgan fingerprint density at radius 2 is 2.03 bits per heavy atom. The van der Waals surface area contributed by atoms with Crippen molar-refractivity contribution in [2.24, 2.45) is 11.3 Å². The molecule has 3 fully saturated rings. The van der Waals surface area contributed by atoms with Crippen LogP contribution in [0.25, 0.3) is 0 Å². The van der Waals surface area contributed by atoms with Gasteiger partial charge in [0.15, 0.2) is 0 Å². The van der Waals surface area contributed by atoms with Crippen LogP contribution in [0.15, 0.2) is 24.3 Å². The van der Waals surface area contributed by atoms with E-state index < -0.39 is 0 Å². The molecule has 1 amide bonds. The van der Waals surface area contributed by atoms with Crippen molar-refractivity contribution < 1.29 is 9.53 Å². The molecule has 2 N–H and O–H groups in total. The SMILES string of the molecule is Cl.Cl.O=C(NCC(c1ccccc1Cl)N1CCOCC1)[C@@]12CCCC[C@H]1CNC2. The highest BCUT2D eigenvalue weighted by atomic mass is 35.5. The van der Waals surface area contributed by atoms with E-state index in [1.54, 1.807) is 0 Å². The summed E-state index contributed by atoms with van der Waals surface area (Å²) in [6, 6.07) is 8.07.